The number of nitrogens with one attached hydrogen (secondary N) is 1. The first-order valence-electron chi connectivity index (χ1n) is 6.41. The molecule has 0 unspecified atom stereocenters. The van der Waals surface area contributed by atoms with Crippen LogP contribution < -0.4 is 11.1 Å². The molecule has 4 heteroatoms. The third-order valence-corrected chi connectivity index (χ3v) is 3.66. The van der Waals surface area contributed by atoms with Gasteiger partial charge in [0.1, 0.15) is 5.75 Å². The van der Waals surface area contributed by atoms with Gasteiger partial charge in [0.25, 0.3) is 0 Å². The highest BCUT2D eigenvalue weighted by Gasteiger charge is 2.35. The highest BCUT2D eigenvalue weighted by molar-refractivity contribution is 5.98. The Bertz CT molecular complexity index is 451. The Morgan fingerprint density at radius 1 is 1.33 bits per heavy atom. The molecular weight excluding hydrogens is 228 g/mol. The zero-order valence-corrected chi connectivity index (χ0v) is 10.7. The van der Waals surface area contributed by atoms with Crippen LogP contribution in [0.4, 0.5) is 5.69 Å². The number of carbonyl (C=O) groups excluding carboxylic acids is 1. The summed E-state index contributed by atoms with van der Waals surface area (Å²) in [6, 6.07) is 5.10. The van der Waals surface area contributed by atoms with E-state index in [1.807, 2.05) is 6.92 Å². The summed E-state index contributed by atoms with van der Waals surface area (Å²) in [6.45, 7) is 1.81. The van der Waals surface area contributed by atoms with Gasteiger partial charge in [-0.1, -0.05) is 25.3 Å². The van der Waals surface area contributed by atoms with E-state index in [-0.39, 0.29) is 11.7 Å². The van der Waals surface area contributed by atoms with Gasteiger partial charge in [0.05, 0.1) is 5.54 Å². The molecule has 0 heterocycles. The van der Waals surface area contributed by atoms with Crippen LogP contribution in [0.3, 0.4) is 0 Å². The van der Waals surface area contributed by atoms with Gasteiger partial charge in [-0.3, -0.25) is 4.79 Å². The minimum atomic E-state index is -0.751. The van der Waals surface area contributed by atoms with Crippen molar-refractivity contribution < 1.29 is 9.90 Å². The van der Waals surface area contributed by atoms with Crippen molar-refractivity contribution >= 4 is 11.6 Å². The number of anilines is 1. The predicted molar refractivity (Wildman–Crippen MR) is 71.5 cm³/mol. The van der Waals surface area contributed by atoms with Crippen molar-refractivity contribution in [2.45, 2.75) is 44.6 Å². The Labute approximate surface area is 107 Å². The maximum atomic E-state index is 12.2. The van der Waals surface area contributed by atoms with Gasteiger partial charge in [0.15, 0.2) is 0 Å². The number of phenolic OH excluding ortho intramolecular Hbond substituents is 1. The van der Waals surface area contributed by atoms with Gasteiger partial charge in [-0.25, -0.2) is 0 Å². The monoisotopic (exact) mass is 248 g/mol. The third-order valence-electron chi connectivity index (χ3n) is 3.66. The number of aromatic hydroxyl groups is 1. The van der Waals surface area contributed by atoms with Crippen molar-refractivity contribution in [2.75, 3.05) is 5.32 Å². The number of aryl methyl sites for hydroxylation is 1. The lowest BCUT2D eigenvalue weighted by Crippen LogP contribution is -2.52. The van der Waals surface area contributed by atoms with E-state index in [2.05, 4.69) is 5.32 Å². The van der Waals surface area contributed by atoms with Gasteiger partial charge in [0.2, 0.25) is 5.91 Å². The van der Waals surface area contributed by atoms with Crippen molar-refractivity contribution in [1.82, 2.24) is 0 Å². The number of benzene rings is 1. The minimum Gasteiger partial charge on any atom is -0.508 e. The Kier molecular flexibility index (Phi) is 3.57. The third kappa shape index (κ3) is 2.64. The van der Waals surface area contributed by atoms with E-state index in [9.17, 15) is 9.90 Å². The lowest BCUT2D eigenvalue weighted by Gasteiger charge is -2.31. The maximum Gasteiger partial charge on any atom is 0.244 e. The normalized spacial score (nSPS) is 18.3. The molecule has 0 aliphatic heterocycles. The van der Waals surface area contributed by atoms with Crippen molar-refractivity contribution in [3.05, 3.63) is 23.8 Å². The molecule has 2 rings (SSSR count). The van der Waals surface area contributed by atoms with Gasteiger partial charge >= 0.3 is 0 Å². The van der Waals surface area contributed by atoms with Gasteiger partial charge < -0.3 is 16.2 Å². The second-order valence-corrected chi connectivity index (χ2v) is 5.17. The molecule has 0 bridgehead atoms. The Morgan fingerprint density at radius 2 is 2.00 bits per heavy atom. The summed E-state index contributed by atoms with van der Waals surface area (Å²) >= 11 is 0. The first-order chi connectivity index (χ1) is 8.51. The zero-order chi connectivity index (χ0) is 13.2. The quantitative estimate of drug-likeness (QED) is 0.751. The minimum absolute atomic E-state index is 0.148. The summed E-state index contributed by atoms with van der Waals surface area (Å²) < 4.78 is 0. The lowest BCUT2D eigenvalue weighted by molar-refractivity contribution is -0.122. The van der Waals surface area contributed by atoms with Crippen molar-refractivity contribution in [2.24, 2.45) is 5.73 Å². The number of hydrogen-bond donors (Lipinski definition) is 3. The Morgan fingerprint density at radius 3 is 2.61 bits per heavy atom. The molecule has 4 nitrogen and oxygen atoms in total. The smallest absolute Gasteiger partial charge is 0.244 e. The number of hydrogen-bond acceptors (Lipinski definition) is 3. The number of nitrogens with two attached hydrogens (primary N) is 1. The first kappa shape index (κ1) is 12.9. The van der Waals surface area contributed by atoms with Crippen LogP contribution in [0.2, 0.25) is 0 Å². The van der Waals surface area contributed by atoms with E-state index >= 15 is 0 Å². The van der Waals surface area contributed by atoms with Gasteiger partial charge in [0, 0.05) is 11.8 Å². The first-order valence-corrected chi connectivity index (χ1v) is 6.41. The molecule has 98 valence electrons. The molecule has 1 aliphatic carbocycles. The van der Waals surface area contributed by atoms with Crippen LogP contribution in [0.25, 0.3) is 0 Å². The fraction of sp³-hybridized carbons (Fsp3) is 0.500. The molecule has 1 aliphatic rings. The molecular formula is C14H20N2O2. The van der Waals surface area contributed by atoms with E-state index in [0.717, 1.165) is 37.7 Å². The number of phenols is 1. The second kappa shape index (κ2) is 4.98. The molecule has 1 aromatic rings. The number of amides is 1. The van der Waals surface area contributed by atoms with Crippen molar-refractivity contribution in [1.29, 1.82) is 0 Å². The lowest BCUT2D eigenvalue weighted by atomic mass is 9.82. The maximum absolute atomic E-state index is 12.2. The van der Waals surface area contributed by atoms with Gasteiger partial charge in [-0.05, 0) is 31.4 Å². The largest absolute Gasteiger partial charge is 0.508 e. The van der Waals surface area contributed by atoms with Crippen LogP contribution in [0, 0.1) is 6.92 Å². The van der Waals surface area contributed by atoms with Crippen LogP contribution in [-0.2, 0) is 4.79 Å². The highest BCUT2D eigenvalue weighted by atomic mass is 16.3. The molecule has 0 aromatic heterocycles. The van der Waals surface area contributed by atoms with Gasteiger partial charge in [-0.2, -0.15) is 0 Å². The molecule has 1 amide bonds. The fourth-order valence-corrected chi connectivity index (χ4v) is 2.35. The van der Waals surface area contributed by atoms with E-state index in [4.69, 9.17) is 5.73 Å². The molecule has 4 N–H and O–H groups in total. The summed E-state index contributed by atoms with van der Waals surface area (Å²) in [5, 5.41) is 12.4. The second-order valence-electron chi connectivity index (χ2n) is 5.17. The van der Waals surface area contributed by atoms with Crippen LogP contribution in [0.1, 0.15) is 37.7 Å². The van der Waals surface area contributed by atoms with Crippen molar-refractivity contribution in [3.8, 4) is 5.75 Å². The summed E-state index contributed by atoms with van der Waals surface area (Å²) in [7, 11) is 0. The molecule has 18 heavy (non-hydrogen) atoms. The van der Waals surface area contributed by atoms with Crippen LogP contribution >= 0.6 is 0 Å². The predicted octanol–water partition coefficient (Wildman–Crippen LogP) is 2.30. The molecule has 0 radical (unpaired) electrons. The Hall–Kier alpha value is -1.55. The fourth-order valence-electron chi connectivity index (χ4n) is 2.35. The van der Waals surface area contributed by atoms with Gasteiger partial charge in [-0.15, -0.1) is 0 Å². The topological polar surface area (TPSA) is 75.4 Å². The molecule has 1 fully saturated rings. The van der Waals surface area contributed by atoms with E-state index in [1.165, 1.54) is 0 Å². The van der Waals surface area contributed by atoms with Crippen LogP contribution in [0.15, 0.2) is 18.2 Å². The van der Waals surface area contributed by atoms with Crippen LogP contribution in [-0.4, -0.2) is 16.6 Å². The summed E-state index contributed by atoms with van der Waals surface area (Å²) in [4.78, 5) is 12.2. The molecule has 0 spiro atoms. The van der Waals surface area contributed by atoms with E-state index < -0.39 is 5.54 Å². The standard InChI is InChI=1S/C14H20N2O2/c1-10-5-6-11(9-12(10)17)16-13(18)14(15)7-3-2-4-8-14/h5-6,9,17H,2-4,7-8,15H2,1H3,(H,16,18). The van der Waals surface area contributed by atoms with Crippen molar-refractivity contribution in [3.63, 3.8) is 0 Å². The molecule has 1 aromatic carbocycles. The van der Waals surface area contributed by atoms with Crippen LogP contribution in [0.5, 0.6) is 5.75 Å². The molecule has 1 saturated carbocycles. The number of rotatable bonds is 2. The summed E-state index contributed by atoms with van der Waals surface area (Å²) in [5.74, 6) is 0.0352. The highest BCUT2D eigenvalue weighted by Crippen LogP contribution is 2.28. The Balaban J connectivity index is 2.08. The number of carbonyl (C=O) groups is 1. The van der Waals surface area contributed by atoms with E-state index in [0.29, 0.717) is 5.69 Å². The summed E-state index contributed by atoms with van der Waals surface area (Å²) in [5.41, 5.74) is 6.77. The molecule has 0 atom stereocenters. The SMILES string of the molecule is Cc1ccc(NC(=O)C2(N)CCCCC2)cc1O. The molecule has 0 saturated heterocycles. The van der Waals surface area contributed by atoms with E-state index in [1.54, 1.807) is 18.2 Å². The average molecular weight is 248 g/mol. The summed E-state index contributed by atoms with van der Waals surface area (Å²) in [6.07, 6.45) is 4.62. The zero-order valence-electron chi connectivity index (χ0n) is 10.7. The average Bonchev–Trinajstić information content (AvgIpc) is 2.35.